The van der Waals surface area contributed by atoms with Gasteiger partial charge in [-0.15, -0.1) is 0 Å². The van der Waals surface area contributed by atoms with Crippen molar-refractivity contribution in [2.45, 2.75) is 4.90 Å². The third-order valence-electron chi connectivity index (χ3n) is 2.66. The molecule has 0 saturated carbocycles. The number of rotatable bonds is 4. The molecule has 21 heavy (non-hydrogen) atoms. The molecule has 0 saturated heterocycles. The SMILES string of the molecule is CNS(=O)(=O)c1ccccc1NC(=O)c1cncc(Br)c1. The number of carbonyl (C=O) groups excluding carboxylic acids is 1. The van der Waals surface area contributed by atoms with Crippen molar-refractivity contribution >= 4 is 37.5 Å². The Morgan fingerprint density at radius 3 is 2.62 bits per heavy atom. The van der Waals surface area contributed by atoms with Gasteiger partial charge in [-0.1, -0.05) is 12.1 Å². The highest BCUT2D eigenvalue weighted by atomic mass is 79.9. The molecule has 0 spiro atoms. The summed E-state index contributed by atoms with van der Waals surface area (Å²) in [5.41, 5.74) is 0.526. The molecule has 0 aliphatic rings. The zero-order chi connectivity index (χ0) is 15.5. The minimum atomic E-state index is -3.65. The van der Waals surface area contributed by atoms with Gasteiger partial charge in [-0.05, 0) is 41.2 Å². The summed E-state index contributed by atoms with van der Waals surface area (Å²) in [5.74, 6) is -0.442. The number of para-hydroxylation sites is 1. The molecular weight excluding hydrogens is 358 g/mol. The second kappa shape index (κ2) is 6.33. The van der Waals surface area contributed by atoms with Gasteiger partial charge in [0, 0.05) is 16.9 Å². The monoisotopic (exact) mass is 369 g/mol. The lowest BCUT2D eigenvalue weighted by atomic mass is 10.2. The maximum atomic E-state index is 12.1. The maximum absolute atomic E-state index is 12.1. The lowest BCUT2D eigenvalue weighted by molar-refractivity contribution is 0.102. The molecule has 110 valence electrons. The van der Waals surface area contributed by atoms with Gasteiger partial charge in [0.15, 0.2) is 0 Å². The fourth-order valence-electron chi connectivity index (χ4n) is 1.64. The van der Waals surface area contributed by atoms with Crippen molar-refractivity contribution in [2.75, 3.05) is 12.4 Å². The largest absolute Gasteiger partial charge is 0.321 e. The van der Waals surface area contributed by atoms with Gasteiger partial charge in [0.25, 0.3) is 5.91 Å². The Hall–Kier alpha value is -1.77. The lowest BCUT2D eigenvalue weighted by Crippen LogP contribution is -2.21. The van der Waals surface area contributed by atoms with Crippen LogP contribution in [-0.4, -0.2) is 26.4 Å². The smallest absolute Gasteiger partial charge is 0.257 e. The molecule has 0 bridgehead atoms. The second-order valence-corrected chi connectivity index (χ2v) is 6.82. The summed E-state index contributed by atoms with van der Waals surface area (Å²) < 4.78 is 26.7. The van der Waals surface area contributed by atoms with Crippen LogP contribution in [0.1, 0.15) is 10.4 Å². The summed E-state index contributed by atoms with van der Waals surface area (Å²) >= 11 is 3.22. The van der Waals surface area contributed by atoms with Crippen LogP contribution >= 0.6 is 15.9 Å². The van der Waals surface area contributed by atoms with Crippen LogP contribution in [0.2, 0.25) is 0 Å². The van der Waals surface area contributed by atoms with E-state index in [4.69, 9.17) is 0 Å². The first-order valence-corrected chi connectivity index (χ1v) is 8.16. The van der Waals surface area contributed by atoms with Gasteiger partial charge < -0.3 is 5.32 Å². The highest BCUT2D eigenvalue weighted by Crippen LogP contribution is 2.21. The number of hydrogen-bond donors (Lipinski definition) is 2. The van der Waals surface area contributed by atoms with E-state index in [-0.39, 0.29) is 10.6 Å². The number of pyridine rings is 1. The fourth-order valence-corrected chi connectivity index (χ4v) is 2.90. The Morgan fingerprint density at radius 1 is 1.24 bits per heavy atom. The number of benzene rings is 1. The summed E-state index contributed by atoms with van der Waals surface area (Å²) in [7, 11) is -2.34. The molecule has 2 rings (SSSR count). The zero-order valence-corrected chi connectivity index (χ0v) is 13.4. The van der Waals surface area contributed by atoms with E-state index in [1.54, 1.807) is 24.4 Å². The molecule has 0 fully saturated rings. The van der Waals surface area contributed by atoms with Crippen molar-refractivity contribution in [3.63, 3.8) is 0 Å². The minimum absolute atomic E-state index is 0.00352. The molecule has 0 unspecified atom stereocenters. The molecule has 1 heterocycles. The number of nitrogens with one attached hydrogen (secondary N) is 2. The van der Waals surface area contributed by atoms with Crippen LogP contribution in [0.3, 0.4) is 0 Å². The Morgan fingerprint density at radius 2 is 1.95 bits per heavy atom. The third-order valence-corrected chi connectivity index (χ3v) is 4.57. The molecular formula is C13H12BrN3O3S. The van der Waals surface area contributed by atoms with Crippen LogP contribution in [0.5, 0.6) is 0 Å². The predicted octanol–water partition coefficient (Wildman–Crippen LogP) is 2.00. The van der Waals surface area contributed by atoms with E-state index in [1.165, 1.54) is 25.4 Å². The number of aromatic nitrogens is 1. The van der Waals surface area contributed by atoms with Crippen LogP contribution in [0, 0.1) is 0 Å². The number of sulfonamides is 1. The average Bonchev–Trinajstić information content (AvgIpc) is 2.47. The van der Waals surface area contributed by atoms with E-state index in [1.807, 2.05) is 0 Å². The number of amides is 1. The molecule has 2 N–H and O–H groups in total. The molecule has 1 aromatic heterocycles. The van der Waals surface area contributed by atoms with E-state index in [0.29, 0.717) is 10.0 Å². The van der Waals surface area contributed by atoms with Crippen LogP contribution < -0.4 is 10.0 Å². The fraction of sp³-hybridized carbons (Fsp3) is 0.0769. The molecule has 1 aromatic carbocycles. The Labute approximate surface area is 130 Å². The minimum Gasteiger partial charge on any atom is -0.321 e. The first-order valence-electron chi connectivity index (χ1n) is 5.88. The van der Waals surface area contributed by atoms with Crippen molar-refractivity contribution in [2.24, 2.45) is 0 Å². The highest BCUT2D eigenvalue weighted by Gasteiger charge is 2.18. The Kier molecular flexibility index (Phi) is 4.71. The number of carbonyl (C=O) groups is 1. The van der Waals surface area contributed by atoms with Crippen LogP contribution in [0.15, 0.2) is 52.1 Å². The number of hydrogen-bond acceptors (Lipinski definition) is 4. The van der Waals surface area contributed by atoms with Crippen molar-refractivity contribution in [1.82, 2.24) is 9.71 Å². The first kappa shape index (κ1) is 15.6. The number of halogens is 1. The lowest BCUT2D eigenvalue weighted by Gasteiger charge is -2.11. The van der Waals surface area contributed by atoms with Gasteiger partial charge in [-0.2, -0.15) is 0 Å². The molecule has 1 amide bonds. The summed E-state index contributed by atoms with van der Waals surface area (Å²) in [6.07, 6.45) is 2.95. The average molecular weight is 370 g/mol. The highest BCUT2D eigenvalue weighted by molar-refractivity contribution is 9.10. The maximum Gasteiger partial charge on any atom is 0.257 e. The van der Waals surface area contributed by atoms with E-state index in [0.717, 1.165) is 0 Å². The van der Waals surface area contributed by atoms with Crippen molar-refractivity contribution in [3.05, 3.63) is 52.8 Å². The summed E-state index contributed by atoms with van der Waals surface area (Å²) in [4.78, 5) is 16.0. The van der Waals surface area contributed by atoms with Gasteiger partial charge in [-0.3, -0.25) is 9.78 Å². The topological polar surface area (TPSA) is 88.2 Å². The van der Waals surface area contributed by atoms with Crippen molar-refractivity contribution < 1.29 is 13.2 Å². The third kappa shape index (κ3) is 3.66. The van der Waals surface area contributed by atoms with E-state index < -0.39 is 15.9 Å². The van der Waals surface area contributed by atoms with Gasteiger partial charge in [0.05, 0.1) is 11.3 Å². The standard InChI is InChI=1S/C13H12BrN3O3S/c1-15-21(19,20)12-5-3-2-4-11(12)17-13(18)9-6-10(14)8-16-7-9/h2-8,15H,1H3,(H,17,18). The quantitative estimate of drug-likeness (QED) is 0.862. The predicted molar refractivity (Wildman–Crippen MR) is 82.6 cm³/mol. The molecule has 0 radical (unpaired) electrons. The van der Waals surface area contributed by atoms with E-state index >= 15 is 0 Å². The van der Waals surface area contributed by atoms with E-state index in [9.17, 15) is 13.2 Å². The van der Waals surface area contributed by atoms with Crippen LogP contribution in [-0.2, 0) is 10.0 Å². The second-order valence-electron chi connectivity index (χ2n) is 4.05. The van der Waals surface area contributed by atoms with E-state index in [2.05, 4.69) is 31.0 Å². The van der Waals surface area contributed by atoms with Gasteiger partial charge in [0.2, 0.25) is 10.0 Å². The zero-order valence-electron chi connectivity index (χ0n) is 11.0. The summed E-state index contributed by atoms with van der Waals surface area (Å²) in [6.45, 7) is 0. The molecule has 0 atom stereocenters. The number of anilines is 1. The summed E-state index contributed by atoms with van der Waals surface area (Å²) in [6, 6.07) is 7.76. The normalized spacial score (nSPS) is 11.1. The molecule has 8 heteroatoms. The first-order chi connectivity index (χ1) is 9.94. The Balaban J connectivity index is 2.35. The molecule has 2 aromatic rings. The summed E-state index contributed by atoms with van der Waals surface area (Å²) in [5, 5.41) is 2.58. The molecule has 6 nitrogen and oxygen atoms in total. The number of nitrogens with zero attached hydrogens (tertiary/aromatic N) is 1. The van der Waals surface area contributed by atoms with Crippen molar-refractivity contribution in [1.29, 1.82) is 0 Å². The van der Waals surface area contributed by atoms with Gasteiger partial charge >= 0.3 is 0 Å². The van der Waals surface area contributed by atoms with Crippen LogP contribution in [0.25, 0.3) is 0 Å². The molecule has 0 aliphatic heterocycles. The molecule has 0 aliphatic carbocycles. The van der Waals surface area contributed by atoms with Gasteiger partial charge in [-0.25, -0.2) is 13.1 Å². The van der Waals surface area contributed by atoms with Gasteiger partial charge in [0.1, 0.15) is 4.90 Å². The Bertz CT molecular complexity index is 778. The van der Waals surface area contributed by atoms with Crippen LogP contribution in [0.4, 0.5) is 5.69 Å². The van der Waals surface area contributed by atoms with Crippen molar-refractivity contribution in [3.8, 4) is 0 Å².